The minimum atomic E-state index is -0.110. The molecule has 0 heterocycles. The number of likely N-dealkylation sites (N-methyl/N-ethyl adjacent to an activating group) is 1. The number of benzene rings is 1. The summed E-state index contributed by atoms with van der Waals surface area (Å²) in [6.07, 6.45) is 1.37. The standard InChI is InChI=1S/C12H11NO2/c1-2-13-10-7-11(14)8-5-3-4-6-9(8)12(10)15/h3-7,13H,2H2,1H3. The fourth-order valence-electron chi connectivity index (χ4n) is 1.64. The molecule has 3 nitrogen and oxygen atoms in total. The fraction of sp³-hybridized carbons (Fsp3) is 0.167. The van der Waals surface area contributed by atoms with Gasteiger partial charge in [0.15, 0.2) is 5.78 Å². The van der Waals surface area contributed by atoms with Crippen molar-refractivity contribution in [1.82, 2.24) is 5.32 Å². The highest BCUT2D eigenvalue weighted by Gasteiger charge is 2.24. The Morgan fingerprint density at radius 2 is 1.80 bits per heavy atom. The number of Topliss-reactive ketones (excluding diaryl/α,β-unsaturated/α-hetero) is 1. The van der Waals surface area contributed by atoms with E-state index in [1.54, 1.807) is 24.3 Å². The van der Waals surface area contributed by atoms with Crippen molar-refractivity contribution in [3.8, 4) is 0 Å². The Hall–Kier alpha value is -1.90. The smallest absolute Gasteiger partial charge is 0.209 e. The van der Waals surface area contributed by atoms with Gasteiger partial charge in [0.25, 0.3) is 0 Å². The number of allylic oxidation sites excluding steroid dienone is 2. The van der Waals surface area contributed by atoms with E-state index < -0.39 is 0 Å². The van der Waals surface area contributed by atoms with Gasteiger partial charge >= 0.3 is 0 Å². The van der Waals surface area contributed by atoms with Crippen molar-refractivity contribution in [3.05, 3.63) is 47.2 Å². The van der Waals surface area contributed by atoms with Crippen molar-refractivity contribution in [2.24, 2.45) is 0 Å². The Balaban J connectivity index is 2.49. The maximum atomic E-state index is 11.9. The first-order chi connectivity index (χ1) is 7.24. The van der Waals surface area contributed by atoms with Crippen LogP contribution in [0.5, 0.6) is 0 Å². The van der Waals surface area contributed by atoms with Crippen LogP contribution in [0, 0.1) is 0 Å². The topological polar surface area (TPSA) is 46.2 Å². The molecule has 15 heavy (non-hydrogen) atoms. The molecule has 0 saturated heterocycles. The third kappa shape index (κ3) is 1.56. The molecule has 1 aromatic rings. The van der Waals surface area contributed by atoms with Gasteiger partial charge in [0.1, 0.15) is 0 Å². The van der Waals surface area contributed by atoms with Crippen molar-refractivity contribution < 1.29 is 9.59 Å². The third-order valence-corrected chi connectivity index (χ3v) is 2.32. The van der Waals surface area contributed by atoms with Crippen LogP contribution in [0.1, 0.15) is 27.6 Å². The molecule has 0 aromatic heterocycles. The molecule has 0 fully saturated rings. The van der Waals surface area contributed by atoms with E-state index >= 15 is 0 Å². The van der Waals surface area contributed by atoms with E-state index in [0.29, 0.717) is 23.4 Å². The zero-order valence-electron chi connectivity index (χ0n) is 8.41. The zero-order valence-corrected chi connectivity index (χ0v) is 8.41. The van der Waals surface area contributed by atoms with E-state index in [0.717, 1.165) is 0 Å². The quantitative estimate of drug-likeness (QED) is 0.789. The molecule has 0 aliphatic heterocycles. The van der Waals surface area contributed by atoms with Gasteiger partial charge in [-0.15, -0.1) is 0 Å². The average molecular weight is 201 g/mol. The van der Waals surface area contributed by atoms with E-state index in [1.807, 2.05) is 6.92 Å². The number of carbonyl (C=O) groups excluding carboxylic acids is 2. The summed E-state index contributed by atoms with van der Waals surface area (Å²) >= 11 is 0. The maximum absolute atomic E-state index is 11.9. The summed E-state index contributed by atoms with van der Waals surface area (Å²) in [6, 6.07) is 6.88. The Morgan fingerprint density at radius 1 is 1.13 bits per heavy atom. The lowest BCUT2D eigenvalue weighted by Crippen LogP contribution is -2.26. The molecule has 0 unspecified atom stereocenters. The molecule has 1 aromatic carbocycles. The van der Waals surface area contributed by atoms with Gasteiger partial charge in [-0.2, -0.15) is 0 Å². The van der Waals surface area contributed by atoms with Crippen LogP contribution in [0.3, 0.4) is 0 Å². The zero-order chi connectivity index (χ0) is 10.8. The molecule has 0 atom stereocenters. The lowest BCUT2D eigenvalue weighted by molar-refractivity contribution is 0.0978. The second-order valence-corrected chi connectivity index (χ2v) is 3.33. The van der Waals surface area contributed by atoms with Gasteiger partial charge in [0, 0.05) is 23.7 Å². The van der Waals surface area contributed by atoms with E-state index in [2.05, 4.69) is 5.32 Å². The van der Waals surface area contributed by atoms with Crippen LogP contribution in [0.2, 0.25) is 0 Å². The largest absolute Gasteiger partial charge is 0.382 e. The monoisotopic (exact) mass is 201 g/mol. The average Bonchev–Trinajstić information content (AvgIpc) is 2.26. The summed E-state index contributed by atoms with van der Waals surface area (Å²) < 4.78 is 0. The first-order valence-electron chi connectivity index (χ1n) is 4.87. The van der Waals surface area contributed by atoms with E-state index in [-0.39, 0.29) is 11.6 Å². The molecule has 0 spiro atoms. The Kier molecular flexibility index (Phi) is 2.37. The lowest BCUT2D eigenvalue weighted by atomic mass is 9.93. The predicted molar refractivity (Wildman–Crippen MR) is 56.9 cm³/mol. The van der Waals surface area contributed by atoms with Gasteiger partial charge in [-0.25, -0.2) is 0 Å². The SMILES string of the molecule is CCNC1=CC(=O)c2ccccc2C1=O. The highest BCUT2D eigenvalue weighted by atomic mass is 16.1. The van der Waals surface area contributed by atoms with Crippen molar-refractivity contribution in [2.45, 2.75) is 6.92 Å². The third-order valence-electron chi connectivity index (χ3n) is 2.32. The van der Waals surface area contributed by atoms with E-state index in [1.165, 1.54) is 6.08 Å². The Morgan fingerprint density at radius 3 is 2.47 bits per heavy atom. The molecule has 1 aliphatic rings. The van der Waals surface area contributed by atoms with Gasteiger partial charge in [0.2, 0.25) is 5.78 Å². The van der Waals surface area contributed by atoms with Gasteiger partial charge in [0.05, 0.1) is 5.70 Å². The Labute approximate surface area is 87.8 Å². The van der Waals surface area contributed by atoms with E-state index in [9.17, 15) is 9.59 Å². The number of hydrogen-bond acceptors (Lipinski definition) is 3. The maximum Gasteiger partial charge on any atom is 0.209 e. The minimum Gasteiger partial charge on any atom is -0.382 e. The summed E-state index contributed by atoms with van der Waals surface area (Å²) in [7, 11) is 0. The van der Waals surface area contributed by atoms with Crippen molar-refractivity contribution in [3.63, 3.8) is 0 Å². The second-order valence-electron chi connectivity index (χ2n) is 3.33. The summed E-state index contributed by atoms with van der Waals surface area (Å²) in [5.41, 5.74) is 1.37. The first kappa shape index (κ1) is 9.65. The van der Waals surface area contributed by atoms with Gasteiger partial charge in [-0.1, -0.05) is 24.3 Å². The molecule has 2 rings (SSSR count). The van der Waals surface area contributed by atoms with Crippen molar-refractivity contribution in [1.29, 1.82) is 0 Å². The molecule has 1 N–H and O–H groups in total. The molecular weight excluding hydrogens is 190 g/mol. The van der Waals surface area contributed by atoms with Crippen LogP contribution < -0.4 is 5.32 Å². The molecule has 0 bridgehead atoms. The van der Waals surface area contributed by atoms with Crippen LogP contribution in [0.4, 0.5) is 0 Å². The normalized spacial score (nSPS) is 14.6. The Bertz CT molecular complexity index is 460. The van der Waals surface area contributed by atoms with Crippen LogP contribution in [-0.4, -0.2) is 18.1 Å². The molecule has 1 aliphatic carbocycles. The van der Waals surface area contributed by atoms with Gasteiger partial charge in [-0.3, -0.25) is 9.59 Å². The van der Waals surface area contributed by atoms with Gasteiger partial charge < -0.3 is 5.32 Å². The van der Waals surface area contributed by atoms with Crippen LogP contribution in [0.25, 0.3) is 0 Å². The highest BCUT2D eigenvalue weighted by molar-refractivity contribution is 6.24. The minimum absolute atomic E-state index is 0.105. The lowest BCUT2D eigenvalue weighted by Gasteiger charge is -2.15. The van der Waals surface area contributed by atoms with E-state index in [4.69, 9.17) is 0 Å². The summed E-state index contributed by atoms with van der Waals surface area (Å²) in [5, 5.41) is 2.90. The fourth-order valence-corrected chi connectivity index (χ4v) is 1.64. The van der Waals surface area contributed by atoms with Crippen LogP contribution >= 0.6 is 0 Å². The van der Waals surface area contributed by atoms with Gasteiger partial charge in [-0.05, 0) is 6.92 Å². The number of ketones is 2. The number of carbonyl (C=O) groups is 2. The van der Waals surface area contributed by atoms with Crippen LogP contribution in [-0.2, 0) is 0 Å². The molecule has 0 saturated carbocycles. The first-order valence-corrected chi connectivity index (χ1v) is 4.87. The molecule has 3 heteroatoms. The second kappa shape index (κ2) is 3.69. The molecular formula is C12H11NO2. The number of rotatable bonds is 2. The predicted octanol–water partition coefficient (Wildman–Crippen LogP) is 1.56. The summed E-state index contributed by atoms with van der Waals surface area (Å²) in [6.45, 7) is 2.52. The van der Waals surface area contributed by atoms with Crippen molar-refractivity contribution in [2.75, 3.05) is 6.54 Å². The van der Waals surface area contributed by atoms with Crippen molar-refractivity contribution >= 4 is 11.6 Å². The molecule has 0 radical (unpaired) electrons. The number of hydrogen-bond donors (Lipinski definition) is 1. The number of fused-ring (bicyclic) bond motifs is 1. The summed E-state index contributed by atoms with van der Waals surface area (Å²) in [4.78, 5) is 23.5. The van der Waals surface area contributed by atoms with Crippen LogP contribution in [0.15, 0.2) is 36.0 Å². The highest BCUT2D eigenvalue weighted by Crippen LogP contribution is 2.19. The molecule has 0 amide bonds. The summed E-state index contributed by atoms with van der Waals surface area (Å²) in [5.74, 6) is -0.215. The number of nitrogens with one attached hydrogen (secondary N) is 1. The molecule has 76 valence electrons.